The molecular formula is C20H24N2O6. The fraction of sp³-hybridized carbons (Fsp3) is 0.450. The first-order valence-corrected chi connectivity index (χ1v) is 8.93. The Balaban J connectivity index is 2.68. The molecule has 0 aromatic heterocycles. The zero-order valence-corrected chi connectivity index (χ0v) is 16.6. The van der Waals surface area contributed by atoms with Gasteiger partial charge in [0.1, 0.15) is 5.92 Å². The van der Waals surface area contributed by atoms with Gasteiger partial charge in [-0.15, -0.1) is 0 Å². The molecule has 2 unspecified atom stereocenters. The number of methoxy groups -OCH3 is 1. The van der Waals surface area contributed by atoms with Crippen LogP contribution >= 0.6 is 0 Å². The molecule has 0 bridgehead atoms. The number of ether oxygens (including phenoxy) is 2. The monoisotopic (exact) mass is 388 g/mol. The molecule has 1 aliphatic rings. The third-order valence-electron chi connectivity index (χ3n) is 4.52. The molecule has 1 aromatic carbocycles. The summed E-state index contributed by atoms with van der Waals surface area (Å²) < 4.78 is 10.3. The number of hydrogen-bond acceptors (Lipinski definition) is 7. The molecule has 0 amide bonds. The number of nitrogens with zero attached hydrogens (tertiary/aromatic N) is 2. The Bertz CT molecular complexity index is 856. The largest absolute Gasteiger partial charge is 0.468 e. The van der Waals surface area contributed by atoms with Gasteiger partial charge in [0.25, 0.3) is 5.69 Å². The molecule has 0 saturated carbocycles. The van der Waals surface area contributed by atoms with Crippen molar-refractivity contribution in [2.45, 2.75) is 33.6 Å². The molecular weight excluding hydrogens is 364 g/mol. The quantitative estimate of drug-likeness (QED) is 0.420. The summed E-state index contributed by atoms with van der Waals surface area (Å²) in [5, 5.41) is 11.6. The molecule has 2 atom stereocenters. The van der Waals surface area contributed by atoms with E-state index in [4.69, 9.17) is 9.47 Å². The van der Waals surface area contributed by atoms with E-state index in [9.17, 15) is 19.7 Å². The molecule has 1 aliphatic heterocycles. The van der Waals surface area contributed by atoms with Crippen molar-refractivity contribution >= 4 is 23.3 Å². The van der Waals surface area contributed by atoms with Crippen LogP contribution < -0.4 is 0 Å². The third-order valence-corrected chi connectivity index (χ3v) is 4.52. The Hall–Kier alpha value is -3.03. The molecule has 0 spiro atoms. The summed E-state index contributed by atoms with van der Waals surface area (Å²) in [7, 11) is 1.23. The Labute approximate surface area is 163 Å². The van der Waals surface area contributed by atoms with Crippen LogP contribution in [0, 0.1) is 22.0 Å². The smallest absolute Gasteiger partial charge is 0.336 e. The van der Waals surface area contributed by atoms with Crippen LogP contribution in [0.1, 0.15) is 39.2 Å². The first-order valence-electron chi connectivity index (χ1n) is 8.93. The first kappa shape index (κ1) is 21.3. The van der Waals surface area contributed by atoms with Gasteiger partial charge in [-0.1, -0.05) is 32.0 Å². The number of rotatable bonds is 6. The highest BCUT2D eigenvalue weighted by molar-refractivity contribution is 6.07. The van der Waals surface area contributed by atoms with Crippen molar-refractivity contribution in [2.75, 3.05) is 13.7 Å². The second kappa shape index (κ2) is 8.77. The Morgan fingerprint density at radius 2 is 1.89 bits per heavy atom. The number of hydrogen-bond donors (Lipinski definition) is 0. The molecule has 0 fully saturated rings. The molecule has 0 aliphatic carbocycles. The predicted molar refractivity (Wildman–Crippen MR) is 103 cm³/mol. The number of nitro groups is 1. The fourth-order valence-electron chi connectivity index (χ4n) is 3.31. The van der Waals surface area contributed by atoms with Crippen LogP contribution in [0.3, 0.4) is 0 Å². The topological polar surface area (TPSA) is 108 Å². The van der Waals surface area contributed by atoms with Crippen LogP contribution in [0.25, 0.3) is 0 Å². The zero-order valence-electron chi connectivity index (χ0n) is 16.6. The minimum absolute atomic E-state index is 0.111. The van der Waals surface area contributed by atoms with Gasteiger partial charge in [0.2, 0.25) is 0 Å². The lowest BCUT2D eigenvalue weighted by molar-refractivity contribution is -0.385. The third kappa shape index (κ3) is 4.27. The highest BCUT2D eigenvalue weighted by Crippen LogP contribution is 2.43. The number of carbonyl (C=O) groups is 2. The minimum Gasteiger partial charge on any atom is -0.468 e. The molecule has 1 aromatic rings. The average molecular weight is 388 g/mol. The maximum atomic E-state index is 12.9. The van der Waals surface area contributed by atoms with Gasteiger partial charge < -0.3 is 9.47 Å². The number of para-hydroxylation sites is 1. The zero-order chi connectivity index (χ0) is 21.0. The lowest BCUT2D eigenvalue weighted by Crippen LogP contribution is -2.36. The Kier molecular flexibility index (Phi) is 6.66. The van der Waals surface area contributed by atoms with Gasteiger partial charge in [-0.2, -0.15) is 0 Å². The second-order valence-electron chi connectivity index (χ2n) is 7.04. The highest BCUT2D eigenvalue weighted by atomic mass is 16.6. The van der Waals surface area contributed by atoms with Crippen LogP contribution in [0.5, 0.6) is 0 Å². The van der Waals surface area contributed by atoms with Gasteiger partial charge >= 0.3 is 11.9 Å². The Morgan fingerprint density at radius 3 is 2.46 bits per heavy atom. The van der Waals surface area contributed by atoms with Crippen molar-refractivity contribution in [3.8, 4) is 0 Å². The molecule has 150 valence electrons. The fourth-order valence-corrected chi connectivity index (χ4v) is 3.31. The van der Waals surface area contributed by atoms with Crippen molar-refractivity contribution < 1.29 is 24.0 Å². The van der Waals surface area contributed by atoms with E-state index in [2.05, 4.69) is 4.99 Å². The van der Waals surface area contributed by atoms with E-state index < -0.39 is 28.7 Å². The Morgan fingerprint density at radius 1 is 1.25 bits per heavy atom. The number of aliphatic imine (C=N–C) groups is 1. The molecule has 0 radical (unpaired) electrons. The summed E-state index contributed by atoms with van der Waals surface area (Å²) in [6, 6.07) is 6.05. The maximum Gasteiger partial charge on any atom is 0.336 e. The van der Waals surface area contributed by atoms with E-state index in [1.807, 2.05) is 13.8 Å². The number of allylic oxidation sites excluding steroid dienone is 1. The van der Waals surface area contributed by atoms with E-state index in [0.717, 1.165) is 0 Å². The average Bonchev–Trinajstić information content (AvgIpc) is 2.64. The summed E-state index contributed by atoms with van der Waals surface area (Å²) >= 11 is 0. The van der Waals surface area contributed by atoms with E-state index in [1.54, 1.807) is 26.0 Å². The van der Waals surface area contributed by atoms with Gasteiger partial charge in [0.05, 0.1) is 24.2 Å². The molecule has 0 N–H and O–H groups in total. The van der Waals surface area contributed by atoms with Gasteiger partial charge in [-0.3, -0.25) is 19.9 Å². The van der Waals surface area contributed by atoms with Gasteiger partial charge in [0.15, 0.2) is 0 Å². The van der Waals surface area contributed by atoms with Gasteiger partial charge in [0, 0.05) is 29.0 Å². The van der Waals surface area contributed by atoms with E-state index in [1.165, 1.54) is 19.2 Å². The van der Waals surface area contributed by atoms with Crippen molar-refractivity contribution in [3.63, 3.8) is 0 Å². The standard InChI is InChI=1S/C20H24N2O6/c1-11(2)10-28-20(24)17-13(4)21-12(3)16(19(23)27-5)18(17)14-8-6-7-9-15(14)22(25)26/h6-9,11,16,18H,10H2,1-5H3. The number of carbonyl (C=O) groups excluding carboxylic acids is 2. The number of esters is 2. The summed E-state index contributed by atoms with van der Waals surface area (Å²) in [6.07, 6.45) is 0. The van der Waals surface area contributed by atoms with E-state index in [-0.39, 0.29) is 29.3 Å². The van der Waals surface area contributed by atoms with E-state index >= 15 is 0 Å². The lowest BCUT2D eigenvalue weighted by Gasteiger charge is -2.31. The molecule has 2 rings (SSSR count). The number of nitro benzene ring substituents is 1. The molecule has 1 heterocycles. The minimum atomic E-state index is -0.962. The highest BCUT2D eigenvalue weighted by Gasteiger charge is 2.44. The predicted octanol–water partition coefficient (Wildman–Crippen LogP) is 3.42. The molecule has 8 heteroatoms. The van der Waals surface area contributed by atoms with Gasteiger partial charge in [-0.25, -0.2) is 4.79 Å². The molecule has 0 saturated heterocycles. The molecule has 28 heavy (non-hydrogen) atoms. The van der Waals surface area contributed by atoms with Crippen LogP contribution in [0.2, 0.25) is 0 Å². The van der Waals surface area contributed by atoms with E-state index in [0.29, 0.717) is 11.4 Å². The van der Waals surface area contributed by atoms with Crippen LogP contribution in [0.15, 0.2) is 40.5 Å². The van der Waals surface area contributed by atoms with Crippen molar-refractivity contribution in [1.82, 2.24) is 0 Å². The maximum absolute atomic E-state index is 12.9. The van der Waals surface area contributed by atoms with Crippen LogP contribution in [0.4, 0.5) is 5.69 Å². The van der Waals surface area contributed by atoms with Crippen molar-refractivity contribution in [1.29, 1.82) is 0 Å². The van der Waals surface area contributed by atoms with Crippen molar-refractivity contribution in [3.05, 3.63) is 51.2 Å². The summed E-state index contributed by atoms with van der Waals surface area (Å²) in [5.41, 5.74) is 0.990. The normalized spacial score (nSPS) is 19.3. The van der Waals surface area contributed by atoms with Crippen LogP contribution in [-0.4, -0.2) is 36.3 Å². The number of benzene rings is 1. The SMILES string of the molecule is COC(=O)C1C(C)=NC(C)=C(C(=O)OCC(C)C)C1c1ccccc1[N+](=O)[O-]. The first-order chi connectivity index (χ1) is 13.2. The van der Waals surface area contributed by atoms with Crippen LogP contribution in [-0.2, 0) is 19.1 Å². The summed E-state index contributed by atoms with van der Waals surface area (Å²) in [5.74, 6) is -3.03. The second-order valence-corrected chi connectivity index (χ2v) is 7.04. The molecule has 8 nitrogen and oxygen atoms in total. The van der Waals surface area contributed by atoms with Crippen molar-refractivity contribution in [2.24, 2.45) is 16.8 Å². The lowest BCUT2D eigenvalue weighted by atomic mass is 9.75. The summed E-state index contributed by atoms with van der Waals surface area (Å²) in [6.45, 7) is 7.25. The van der Waals surface area contributed by atoms with Gasteiger partial charge in [-0.05, 0) is 19.8 Å². The summed E-state index contributed by atoms with van der Waals surface area (Å²) in [4.78, 5) is 40.8.